The van der Waals surface area contributed by atoms with Crippen LogP contribution in [0.1, 0.15) is 35.4 Å². The standard InChI is InChI=1S/C12H15Br/c1-3-9-5-4-6-10-11(9)7-8(2)12(10)13/h4-6,8,12H,3,7H2,1-2H3. The molecule has 0 saturated carbocycles. The van der Waals surface area contributed by atoms with Crippen molar-refractivity contribution in [2.24, 2.45) is 5.92 Å². The van der Waals surface area contributed by atoms with Crippen LogP contribution in [0, 0.1) is 5.92 Å². The van der Waals surface area contributed by atoms with Crippen molar-refractivity contribution in [3.8, 4) is 0 Å². The van der Waals surface area contributed by atoms with Gasteiger partial charge in [0.25, 0.3) is 0 Å². The Hall–Kier alpha value is -0.300. The first kappa shape index (κ1) is 9.26. The summed E-state index contributed by atoms with van der Waals surface area (Å²) in [5.74, 6) is 0.752. The van der Waals surface area contributed by atoms with Gasteiger partial charge in [0, 0.05) is 4.83 Å². The van der Waals surface area contributed by atoms with Gasteiger partial charge in [-0.1, -0.05) is 48.0 Å². The number of alkyl halides is 1. The maximum atomic E-state index is 3.77. The van der Waals surface area contributed by atoms with E-state index in [-0.39, 0.29) is 0 Å². The quantitative estimate of drug-likeness (QED) is 0.652. The summed E-state index contributed by atoms with van der Waals surface area (Å²) in [6, 6.07) is 6.71. The fourth-order valence-corrected chi connectivity index (χ4v) is 2.84. The molecule has 0 radical (unpaired) electrons. The molecule has 70 valence electrons. The fourth-order valence-electron chi connectivity index (χ4n) is 2.23. The molecule has 0 nitrogen and oxygen atoms in total. The molecule has 0 amide bonds. The number of hydrogen-bond donors (Lipinski definition) is 0. The van der Waals surface area contributed by atoms with E-state index in [4.69, 9.17) is 0 Å². The Kier molecular flexibility index (Phi) is 2.46. The zero-order valence-electron chi connectivity index (χ0n) is 8.18. The molecule has 0 aliphatic heterocycles. The van der Waals surface area contributed by atoms with Crippen molar-refractivity contribution in [3.05, 3.63) is 34.9 Å². The van der Waals surface area contributed by atoms with Crippen LogP contribution < -0.4 is 0 Å². The van der Waals surface area contributed by atoms with Gasteiger partial charge in [0.2, 0.25) is 0 Å². The summed E-state index contributed by atoms with van der Waals surface area (Å²) < 4.78 is 0. The molecule has 0 N–H and O–H groups in total. The minimum absolute atomic E-state index is 0.578. The molecule has 2 unspecified atom stereocenters. The third-order valence-electron chi connectivity index (χ3n) is 3.01. The van der Waals surface area contributed by atoms with Crippen LogP contribution in [0.4, 0.5) is 0 Å². The molecule has 0 aromatic heterocycles. The van der Waals surface area contributed by atoms with E-state index >= 15 is 0 Å². The topological polar surface area (TPSA) is 0 Å². The molecule has 0 spiro atoms. The number of aryl methyl sites for hydroxylation is 1. The maximum absolute atomic E-state index is 3.77. The third-order valence-corrected chi connectivity index (χ3v) is 4.41. The second-order valence-corrected chi connectivity index (χ2v) is 4.91. The Morgan fingerprint density at radius 2 is 2.23 bits per heavy atom. The van der Waals surface area contributed by atoms with Crippen LogP contribution in [-0.2, 0) is 12.8 Å². The van der Waals surface area contributed by atoms with Crippen molar-refractivity contribution >= 4 is 15.9 Å². The molecule has 2 atom stereocenters. The van der Waals surface area contributed by atoms with Gasteiger partial charge in [0.15, 0.2) is 0 Å². The average Bonchev–Trinajstić information content (AvgIpc) is 2.43. The predicted octanol–water partition coefficient (Wildman–Crippen LogP) is 3.88. The first-order valence-corrected chi connectivity index (χ1v) is 5.90. The molecule has 2 rings (SSSR count). The van der Waals surface area contributed by atoms with Crippen LogP contribution in [0.15, 0.2) is 18.2 Å². The Labute approximate surface area is 88.5 Å². The van der Waals surface area contributed by atoms with E-state index < -0.39 is 0 Å². The van der Waals surface area contributed by atoms with Gasteiger partial charge in [-0.3, -0.25) is 0 Å². The predicted molar refractivity (Wildman–Crippen MR) is 60.4 cm³/mol. The minimum atomic E-state index is 0.578. The molecule has 13 heavy (non-hydrogen) atoms. The van der Waals surface area contributed by atoms with E-state index in [2.05, 4.69) is 48.0 Å². The van der Waals surface area contributed by atoms with E-state index in [1.165, 1.54) is 17.5 Å². The highest BCUT2D eigenvalue weighted by molar-refractivity contribution is 9.09. The van der Waals surface area contributed by atoms with Gasteiger partial charge in [-0.15, -0.1) is 0 Å². The van der Waals surface area contributed by atoms with Gasteiger partial charge < -0.3 is 0 Å². The van der Waals surface area contributed by atoms with E-state index in [0.717, 1.165) is 12.3 Å². The first-order valence-electron chi connectivity index (χ1n) is 4.98. The van der Waals surface area contributed by atoms with Crippen LogP contribution in [-0.4, -0.2) is 0 Å². The highest BCUT2D eigenvalue weighted by Crippen LogP contribution is 2.43. The average molecular weight is 239 g/mol. The molecule has 1 aliphatic carbocycles. The van der Waals surface area contributed by atoms with Gasteiger partial charge in [-0.2, -0.15) is 0 Å². The van der Waals surface area contributed by atoms with Gasteiger partial charge in [0.1, 0.15) is 0 Å². The van der Waals surface area contributed by atoms with Crippen molar-refractivity contribution in [2.45, 2.75) is 31.5 Å². The lowest BCUT2D eigenvalue weighted by molar-refractivity contribution is 0.621. The Balaban J connectivity index is 2.49. The number of rotatable bonds is 1. The number of halogens is 1. The molecule has 1 aromatic carbocycles. The lowest BCUT2D eigenvalue weighted by Crippen LogP contribution is -1.94. The third kappa shape index (κ3) is 1.43. The van der Waals surface area contributed by atoms with Crippen molar-refractivity contribution in [1.82, 2.24) is 0 Å². The Morgan fingerprint density at radius 3 is 2.92 bits per heavy atom. The molecule has 0 saturated heterocycles. The number of benzene rings is 1. The lowest BCUT2D eigenvalue weighted by Gasteiger charge is -2.07. The summed E-state index contributed by atoms with van der Waals surface area (Å²) >= 11 is 3.77. The molecule has 0 fully saturated rings. The van der Waals surface area contributed by atoms with Crippen LogP contribution in [0.5, 0.6) is 0 Å². The smallest absolute Gasteiger partial charge is 0.0426 e. The highest BCUT2D eigenvalue weighted by atomic mass is 79.9. The van der Waals surface area contributed by atoms with Gasteiger partial charge in [0.05, 0.1) is 0 Å². The van der Waals surface area contributed by atoms with E-state index in [9.17, 15) is 0 Å². The molecular weight excluding hydrogens is 224 g/mol. The summed E-state index contributed by atoms with van der Waals surface area (Å²) in [5, 5.41) is 0. The second kappa shape index (κ2) is 3.45. The number of fused-ring (bicyclic) bond motifs is 1. The SMILES string of the molecule is CCc1cccc2c1CC(C)C2Br. The van der Waals surface area contributed by atoms with Gasteiger partial charge in [-0.25, -0.2) is 0 Å². The van der Waals surface area contributed by atoms with Crippen molar-refractivity contribution in [2.75, 3.05) is 0 Å². The zero-order valence-corrected chi connectivity index (χ0v) is 9.76. The van der Waals surface area contributed by atoms with Crippen LogP contribution >= 0.6 is 15.9 Å². The lowest BCUT2D eigenvalue weighted by atomic mass is 10.0. The summed E-state index contributed by atoms with van der Waals surface area (Å²) in [6.45, 7) is 4.56. The molecule has 1 aromatic rings. The molecule has 1 heteroatoms. The summed E-state index contributed by atoms with van der Waals surface area (Å²) in [6.07, 6.45) is 2.41. The van der Waals surface area contributed by atoms with Crippen LogP contribution in [0.2, 0.25) is 0 Å². The van der Waals surface area contributed by atoms with Gasteiger partial charge in [-0.05, 0) is 35.4 Å². The van der Waals surface area contributed by atoms with Crippen LogP contribution in [0.3, 0.4) is 0 Å². The monoisotopic (exact) mass is 238 g/mol. The Morgan fingerprint density at radius 1 is 1.46 bits per heavy atom. The van der Waals surface area contributed by atoms with E-state index in [0.29, 0.717) is 4.83 Å². The van der Waals surface area contributed by atoms with Crippen LogP contribution in [0.25, 0.3) is 0 Å². The fraction of sp³-hybridized carbons (Fsp3) is 0.500. The minimum Gasteiger partial charge on any atom is -0.0836 e. The van der Waals surface area contributed by atoms with Crippen molar-refractivity contribution in [3.63, 3.8) is 0 Å². The molecule has 0 bridgehead atoms. The summed E-state index contributed by atoms with van der Waals surface area (Å²) in [7, 11) is 0. The highest BCUT2D eigenvalue weighted by Gasteiger charge is 2.27. The molecular formula is C12H15Br. The maximum Gasteiger partial charge on any atom is 0.0426 e. The zero-order chi connectivity index (χ0) is 9.42. The second-order valence-electron chi connectivity index (χ2n) is 3.92. The van der Waals surface area contributed by atoms with Crippen molar-refractivity contribution in [1.29, 1.82) is 0 Å². The Bertz CT molecular complexity index is 317. The summed E-state index contributed by atoms with van der Waals surface area (Å²) in [5.41, 5.74) is 4.65. The molecule has 0 heterocycles. The number of hydrogen-bond acceptors (Lipinski definition) is 0. The molecule has 1 aliphatic rings. The first-order chi connectivity index (χ1) is 6.24. The van der Waals surface area contributed by atoms with Gasteiger partial charge >= 0.3 is 0 Å². The van der Waals surface area contributed by atoms with E-state index in [1.807, 2.05) is 0 Å². The summed E-state index contributed by atoms with van der Waals surface area (Å²) in [4.78, 5) is 0.578. The van der Waals surface area contributed by atoms with Crippen molar-refractivity contribution < 1.29 is 0 Å². The largest absolute Gasteiger partial charge is 0.0836 e. The normalized spacial score (nSPS) is 26.1. The van der Waals surface area contributed by atoms with E-state index in [1.54, 1.807) is 5.56 Å².